The van der Waals surface area contributed by atoms with Crippen LogP contribution >= 0.6 is 23.2 Å². The molecule has 0 aromatic heterocycles. The number of hydrogen-bond acceptors (Lipinski definition) is 3. The van der Waals surface area contributed by atoms with E-state index >= 15 is 0 Å². The Morgan fingerprint density at radius 3 is 2.40 bits per heavy atom. The zero-order valence-electron chi connectivity index (χ0n) is 13.8. The van der Waals surface area contributed by atoms with Crippen molar-refractivity contribution in [1.82, 2.24) is 9.80 Å². The van der Waals surface area contributed by atoms with Gasteiger partial charge in [0, 0.05) is 37.7 Å². The Bertz CT molecular complexity index is 717. The average Bonchev–Trinajstić information content (AvgIpc) is 2.63. The van der Waals surface area contributed by atoms with Gasteiger partial charge in [-0.25, -0.2) is 0 Å². The van der Waals surface area contributed by atoms with Crippen molar-refractivity contribution < 1.29 is 9.53 Å². The summed E-state index contributed by atoms with van der Waals surface area (Å²) in [7, 11) is 0. The van der Waals surface area contributed by atoms with Gasteiger partial charge in [0.1, 0.15) is 12.4 Å². The van der Waals surface area contributed by atoms with Gasteiger partial charge >= 0.3 is 0 Å². The van der Waals surface area contributed by atoms with Gasteiger partial charge in [0.05, 0.1) is 10.6 Å². The zero-order valence-corrected chi connectivity index (χ0v) is 15.3. The average molecular weight is 379 g/mol. The Balaban J connectivity index is 1.46. The molecule has 0 saturated carbocycles. The summed E-state index contributed by atoms with van der Waals surface area (Å²) in [6.07, 6.45) is 0. The first-order valence-corrected chi connectivity index (χ1v) is 9.03. The van der Waals surface area contributed by atoms with Crippen LogP contribution in [0.4, 0.5) is 0 Å². The van der Waals surface area contributed by atoms with Crippen molar-refractivity contribution in [3.05, 3.63) is 64.1 Å². The van der Waals surface area contributed by atoms with Gasteiger partial charge in [-0.05, 0) is 30.3 Å². The molecule has 1 aliphatic heterocycles. The second-order valence-corrected chi connectivity index (χ2v) is 6.76. The van der Waals surface area contributed by atoms with Crippen molar-refractivity contribution in [2.75, 3.05) is 39.3 Å². The minimum Gasteiger partial charge on any atom is -0.492 e. The van der Waals surface area contributed by atoms with Crippen LogP contribution in [-0.2, 0) is 0 Å². The molecule has 1 amide bonds. The van der Waals surface area contributed by atoms with Gasteiger partial charge in [-0.3, -0.25) is 9.69 Å². The Morgan fingerprint density at radius 2 is 1.72 bits per heavy atom. The van der Waals surface area contributed by atoms with E-state index in [1.807, 2.05) is 35.2 Å². The Hall–Kier alpha value is -1.75. The molecule has 0 bridgehead atoms. The third kappa shape index (κ3) is 4.88. The number of para-hydroxylation sites is 1. The van der Waals surface area contributed by atoms with Crippen LogP contribution in [-0.4, -0.2) is 55.0 Å². The van der Waals surface area contributed by atoms with Gasteiger partial charge in [-0.2, -0.15) is 0 Å². The summed E-state index contributed by atoms with van der Waals surface area (Å²) in [4.78, 5) is 16.7. The van der Waals surface area contributed by atoms with Gasteiger partial charge in [-0.1, -0.05) is 41.4 Å². The summed E-state index contributed by atoms with van der Waals surface area (Å²) < 4.78 is 5.73. The van der Waals surface area contributed by atoms with Crippen LogP contribution in [0.1, 0.15) is 10.4 Å². The fourth-order valence-electron chi connectivity index (χ4n) is 2.82. The molecule has 1 aliphatic rings. The molecule has 1 heterocycles. The first-order chi connectivity index (χ1) is 12.1. The topological polar surface area (TPSA) is 32.8 Å². The molecule has 25 heavy (non-hydrogen) atoms. The third-order valence-electron chi connectivity index (χ3n) is 4.24. The number of carbonyl (C=O) groups is 1. The second-order valence-electron chi connectivity index (χ2n) is 5.92. The largest absolute Gasteiger partial charge is 0.492 e. The molecule has 1 fully saturated rings. The van der Waals surface area contributed by atoms with E-state index in [0.717, 1.165) is 25.4 Å². The van der Waals surface area contributed by atoms with Crippen molar-refractivity contribution in [2.45, 2.75) is 0 Å². The molecule has 4 nitrogen and oxygen atoms in total. The number of carbonyl (C=O) groups excluding carboxylic acids is 1. The van der Waals surface area contributed by atoms with Crippen molar-refractivity contribution >= 4 is 29.1 Å². The van der Waals surface area contributed by atoms with E-state index in [0.29, 0.717) is 35.3 Å². The van der Waals surface area contributed by atoms with Crippen LogP contribution < -0.4 is 4.74 Å². The molecule has 2 aromatic rings. The SMILES string of the molecule is O=C(c1ccc(Cl)cc1Cl)N1CCN(CCOc2ccccc2)CC1. The van der Waals surface area contributed by atoms with Crippen molar-refractivity contribution in [3.63, 3.8) is 0 Å². The second kappa shape index (κ2) is 8.56. The zero-order chi connectivity index (χ0) is 17.6. The summed E-state index contributed by atoms with van der Waals surface area (Å²) in [6.45, 7) is 4.51. The number of benzene rings is 2. The van der Waals surface area contributed by atoms with E-state index in [9.17, 15) is 4.79 Å². The molecule has 0 unspecified atom stereocenters. The predicted octanol–water partition coefficient (Wildman–Crippen LogP) is 3.83. The lowest BCUT2D eigenvalue weighted by atomic mass is 10.2. The fourth-order valence-corrected chi connectivity index (χ4v) is 3.31. The molecule has 2 aromatic carbocycles. The highest BCUT2D eigenvalue weighted by Gasteiger charge is 2.23. The maximum absolute atomic E-state index is 12.6. The molecular weight excluding hydrogens is 359 g/mol. The molecule has 0 spiro atoms. The number of amides is 1. The lowest BCUT2D eigenvalue weighted by Gasteiger charge is -2.34. The van der Waals surface area contributed by atoms with E-state index in [2.05, 4.69) is 4.90 Å². The molecule has 1 saturated heterocycles. The van der Waals surface area contributed by atoms with Crippen molar-refractivity contribution in [2.24, 2.45) is 0 Å². The first kappa shape index (κ1) is 18.1. The highest BCUT2D eigenvalue weighted by atomic mass is 35.5. The van der Waals surface area contributed by atoms with Crippen molar-refractivity contribution in [3.8, 4) is 5.75 Å². The summed E-state index contributed by atoms with van der Waals surface area (Å²) in [5, 5.41) is 0.931. The van der Waals surface area contributed by atoms with Gasteiger partial charge in [0.15, 0.2) is 0 Å². The molecule has 6 heteroatoms. The summed E-state index contributed by atoms with van der Waals surface area (Å²) >= 11 is 12.0. The smallest absolute Gasteiger partial charge is 0.255 e. The standard InChI is InChI=1S/C19H20Cl2N2O2/c20-15-6-7-17(18(21)14-15)19(24)23-10-8-22(9-11-23)12-13-25-16-4-2-1-3-5-16/h1-7,14H,8-13H2. The maximum atomic E-state index is 12.6. The van der Waals surface area contributed by atoms with E-state index in [1.54, 1.807) is 18.2 Å². The Labute approximate surface area is 157 Å². The number of ether oxygens (including phenoxy) is 1. The summed E-state index contributed by atoms with van der Waals surface area (Å²) in [5.41, 5.74) is 0.506. The highest BCUT2D eigenvalue weighted by Crippen LogP contribution is 2.22. The Kier molecular flexibility index (Phi) is 6.19. The normalized spacial score (nSPS) is 15.2. The van der Waals surface area contributed by atoms with E-state index in [1.165, 1.54) is 0 Å². The van der Waals surface area contributed by atoms with Gasteiger partial charge in [0.25, 0.3) is 5.91 Å². The molecule has 0 radical (unpaired) electrons. The van der Waals surface area contributed by atoms with Crippen LogP contribution in [0.15, 0.2) is 48.5 Å². The molecule has 3 rings (SSSR count). The van der Waals surface area contributed by atoms with E-state index in [4.69, 9.17) is 27.9 Å². The summed E-state index contributed by atoms with van der Waals surface area (Å²) in [5.74, 6) is 0.843. The van der Waals surface area contributed by atoms with E-state index in [-0.39, 0.29) is 5.91 Å². The van der Waals surface area contributed by atoms with Crippen LogP contribution in [0.3, 0.4) is 0 Å². The summed E-state index contributed by atoms with van der Waals surface area (Å²) in [6, 6.07) is 14.8. The third-order valence-corrected chi connectivity index (χ3v) is 4.79. The number of rotatable bonds is 5. The molecule has 0 N–H and O–H groups in total. The van der Waals surface area contributed by atoms with Crippen LogP contribution in [0.2, 0.25) is 10.0 Å². The van der Waals surface area contributed by atoms with E-state index < -0.39 is 0 Å². The predicted molar refractivity (Wildman–Crippen MR) is 101 cm³/mol. The van der Waals surface area contributed by atoms with Crippen LogP contribution in [0.25, 0.3) is 0 Å². The number of nitrogens with zero attached hydrogens (tertiary/aromatic N) is 2. The fraction of sp³-hybridized carbons (Fsp3) is 0.316. The van der Waals surface area contributed by atoms with Crippen molar-refractivity contribution in [1.29, 1.82) is 0 Å². The maximum Gasteiger partial charge on any atom is 0.255 e. The lowest BCUT2D eigenvalue weighted by molar-refractivity contribution is 0.0620. The van der Waals surface area contributed by atoms with Gasteiger partial charge in [-0.15, -0.1) is 0 Å². The number of hydrogen-bond donors (Lipinski definition) is 0. The highest BCUT2D eigenvalue weighted by molar-refractivity contribution is 6.36. The first-order valence-electron chi connectivity index (χ1n) is 8.28. The minimum absolute atomic E-state index is 0.0400. The number of piperazine rings is 1. The monoisotopic (exact) mass is 378 g/mol. The lowest BCUT2D eigenvalue weighted by Crippen LogP contribution is -2.49. The molecular formula is C19H20Cl2N2O2. The quantitative estimate of drug-likeness (QED) is 0.792. The Morgan fingerprint density at radius 1 is 1.00 bits per heavy atom. The molecule has 0 aliphatic carbocycles. The van der Waals surface area contributed by atoms with Gasteiger partial charge in [0.2, 0.25) is 0 Å². The molecule has 132 valence electrons. The number of halogens is 2. The molecule has 0 atom stereocenters. The van der Waals surface area contributed by atoms with Gasteiger partial charge < -0.3 is 9.64 Å². The van der Waals surface area contributed by atoms with Crippen LogP contribution in [0, 0.1) is 0 Å². The van der Waals surface area contributed by atoms with Crippen LogP contribution in [0.5, 0.6) is 5.75 Å². The minimum atomic E-state index is -0.0400.